The number of nitro benzene ring substituents is 1. The molecule has 0 aliphatic heterocycles. The minimum Gasteiger partial charge on any atom is -0.258 e. The van der Waals surface area contributed by atoms with Crippen molar-refractivity contribution in [3.05, 3.63) is 75.3 Å². The number of alkyl halides is 3. The minimum atomic E-state index is -4.52. The zero-order valence-corrected chi connectivity index (χ0v) is 14.3. The van der Waals surface area contributed by atoms with E-state index in [9.17, 15) is 31.7 Å². The van der Waals surface area contributed by atoms with E-state index in [1.807, 2.05) is 0 Å². The van der Waals surface area contributed by atoms with Crippen molar-refractivity contribution in [2.75, 3.05) is 0 Å². The van der Waals surface area contributed by atoms with Crippen LogP contribution in [-0.2, 0) is 22.0 Å². The summed E-state index contributed by atoms with van der Waals surface area (Å²) in [5.74, 6) is -0.450. The van der Waals surface area contributed by atoms with Crippen molar-refractivity contribution in [2.45, 2.75) is 24.9 Å². The van der Waals surface area contributed by atoms with Gasteiger partial charge in [0.15, 0.2) is 0 Å². The minimum absolute atomic E-state index is 0.170. The van der Waals surface area contributed by atoms with E-state index in [2.05, 4.69) is 4.72 Å². The lowest BCUT2D eigenvalue weighted by Gasteiger charge is -2.16. The number of hydrogen-bond acceptors (Lipinski definition) is 4. The predicted molar refractivity (Wildman–Crippen MR) is 88.7 cm³/mol. The lowest BCUT2D eigenvalue weighted by Crippen LogP contribution is -2.28. The molecule has 0 aliphatic rings. The number of nitro groups is 1. The third-order valence-electron chi connectivity index (χ3n) is 3.57. The highest BCUT2D eigenvalue weighted by Gasteiger charge is 2.31. The summed E-state index contributed by atoms with van der Waals surface area (Å²) in [5.41, 5.74) is -0.542. The van der Waals surface area contributed by atoms with Crippen LogP contribution in [0.1, 0.15) is 29.7 Å². The molecule has 0 heterocycles. The van der Waals surface area contributed by atoms with Crippen LogP contribution in [0.15, 0.2) is 48.5 Å². The van der Waals surface area contributed by atoms with E-state index in [4.69, 9.17) is 0 Å². The Labute approximate surface area is 147 Å². The van der Waals surface area contributed by atoms with Crippen molar-refractivity contribution in [3.8, 4) is 0 Å². The summed E-state index contributed by atoms with van der Waals surface area (Å²) >= 11 is 0. The van der Waals surface area contributed by atoms with Crippen molar-refractivity contribution < 1.29 is 26.5 Å². The van der Waals surface area contributed by atoms with Gasteiger partial charge in [0.2, 0.25) is 10.0 Å². The Morgan fingerprint density at radius 3 is 2.31 bits per heavy atom. The maximum Gasteiger partial charge on any atom is 0.416 e. The fourth-order valence-corrected chi connectivity index (χ4v) is 3.69. The highest BCUT2D eigenvalue weighted by atomic mass is 32.2. The fourth-order valence-electron chi connectivity index (χ4n) is 2.30. The lowest BCUT2D eigenvalue weighted by molar-refractivity contribution is -0.384. The first-order chi connectivity index (χ1) is 12.0. The molecule has 1 atom stereocenters. The van der Waals surface area contributed by atoms with Gasteiger partial charge in [-0.2, -0.15) is 13.2 Å². The Balaban J connectivity index is 2.12. The van der Waals surface area contributed by atoms with Crippen LogP contribution >= 0.6 is 0 Å². The Kier molecular flexibility index (Phi) is 5.67. The number of non-ortho nitro benzene ring substituents is 1. The molecule has 1 unspecified atom stereocenters. The standard InChI is InChI=1S/C16H15F3N2O4S/c1-11(13-3-2-4-14(9-13)16(17,18)19)20-26(24,25)10-12-5-7-15(8-6-12)21(22)23/h2-9,11,20H,10H2,1H3. The third-order valence-corrected chi connectivity index (χ3v) is 5.00. The van der Waals surface area contributed by atoms with Gasteiger partial charge in [0.1, 0.15) is 0 Å². The van der Waals surface area contributed by atoms with E-state index in [0.29, 0.717) is 5.56 Å². The summed E-state index contributed by atoms with van der Waals surface area (Å²) in [6.07, 6.45) is -4.52. The zero-order chi connectivity index (χ0) is 19.5. The summed E-state index contributed by atoms with van der Waals surface area (Å²) in [6, 6.07) is 8.51. The van der Waals surface area contributed by atoms with Gasteiger partial charge in [-0.3, -0.25) is 10.1 Å². The SMILES string of the molecule is CC(NS(=O)(=O)Cc1ccc([N+](=O)[O-])cc1)c1cccc(C(F)(F)F)c1. The quantitative estimate of drug-likeness (QED) is 0.602. The lowest BCUT2D eigenvalue weighted by atomic mass is 10.1. The first-order valence-corrected chi connectivity index (χ1v) is 9.04. The molecule has 0 saturated carbocycles. The monoisotopic (exact) mass is 388 g/mol. The van der Waals surface area contributed by atoms with Crippen LogP contribution in [-0.4, -0.2) is 13.3 Å². The molecule has 0 aromatic heterocycles. The van der Waals surface area contributed by atoms with E-state index >= 15 is 0 Å². The van der Waals surface area contributed by atoms with E-state index in [1.54, 1.807) is 0 Å². The smallest absolute Gasteiger partial charge is 0.258 e. The number of halogens is 3. The Hall–Kier alpha value is -2.46. The molecule has 0 amide bonds. The first kappa shape index (κ1) is 19.9. The summed E-state index contributed by atoms with van der Waals surface area (Å²) in [5, 5.41) is 10.6. The molecule has 1 N–H and O–H groups in total. The number of rotatable bonds is 6. The first-order valence-electron chi connectivity index (χ1n) is 7.38. The van der Waals surface area contributed by atoms with E-state index in [-0.39, 0.29) is 11.3 Å². The van der Waals surface area contributed by atoms with Crippen LogP contribution in [0.4, 0.5) is 18.9 Å². The molecule has 0 spiro atoms. The number of benzene rings is 2. The third kappa shape index (κ3) is 5.27. The van der Waals surface area contributed by atoms with E-state index < -0.39 is 38.5 Å². The van der Waals surface area contributed by atoms with Crippen LogP contribution in [0.3, 0.4) is 0 Å². The fraction of sp³-hybridized carbons (Fsp3) is 0.250. The molecule has 0 saturated heterocycles. The van der Waals surface area contributed by atoms with Gasteiger partial charge in [-0.05, 0) is 30.2 Å². The van der Waals surface area contributed by atoms with Gasteiger partial charge >= 0.3 is 6.18 Å². The van der Waals surface area contributed by atoms with Gasteiger partial charge in [0.05, 0.1) is 16.2 Å². The number of nitrogens with one attached hydrogen (secondary N) is 1. The van der Waals surface area contributed by atoms with Crippen LogP contribution in [0.25, 0.3) is 0 Å². The van der Waals surface area contributed by atoms with Gasteiger partial charge < -0.3 is 0 Å². The summed E-state index contributed by atoms with van der Waals surface area (Å²) in [4.78, 5) is 9.99. The molecular formula is C16H15F3N2O4S. The summed E-state index contributed by atoms with van der Waals surface area (Å²) in [6.45, 7) is 1.43. The van der Waals surface area contributed by atoms with Gasteiger partial charge in [0, 0.05) is 18.2 Å². The normalized spacial score (nSPS) is 13.4. The molecule has 2 aromatic carbocycles. The highest BCUT2D eigenvalue weighted by molar-refractivity contribution is 7.88. The summed E-state index contributed by atoms with van der Waals surface area (Å²) in [7, 11) is -3.86. The zero-order valence-electron chi connectivity index (χ0n) is 13.5. The van der Waals surface area contributed by atoms with Gasteiger partial charge in [-0.25, -0.2) is 13.1 Å². The number of hydrogen-bond donors (Lipinski definition) is 1. The maximum absolute atomic E-state index is 12.8. The van der Waals surface area contributed by atoms with Gasteiger partial charge in [-0.15, -0.1) is 0 Å². The molecule has 140 valence electrons. The second kappa shape index (κ2) is 7.42. The molecule has 2 rings (SSSR count). The topological polar surface area (TPSA) is 89.3 Å². The van der Waals surface area contributed by atoms with Crippen molar-refractivity contribution >= 4 is 15.7 Å². The summed E-state index contributed by atoms with van der Waals surface area (Å²) < 4.78 is 65.0. The number of sulfonamides is 1. The van der Waals surface area contributed by atoms with Crippen molar-refractivity contribution in [2.24, 2.45) is 0 Å². The van der Waals surface area contributed by atoms with Crippen LogP contribution in [0.5, 0.6) is 0 Å². The average Bonchev–Trinajstić information content (AvgIpc) is 2.53. The molecule has 0 fully saturated rings. The largest absolute Gasteiger partial charge is 0.416 e. The molecule has 0 radical (unpaired) electrons. The molecule has 2 aromatic rings. The molecule has 0 aliphatic carbocycles. The Morgan fingerprint density at radius 1 is 1.15 bits per heavy atom. The van der Waals surface area contributed by atoms with Gasteiger partial charge in [-0.1, -0.05) is 24.3 Å². The molecule has 6 nitrogen and oxygen atoms in total. The molecule has 26 heavy (non-hydrogen) atoms. The van der Waals surface area contributed by atoms with E-state index in [1.165, 1.54) is 43.3 Å². The highest BCUT2D eigenvalue weighted by Crippen LogP contribution is 2.30. The molecule has 0 bridgehead atoms. The van der Waals surface area contributed by atoms with Crippen molar-refractivity contribution in [3.63, 3.8) is 0 Å². The van der Waals surface area contributed by atoms with Gasteiger partial charge in [0.25, 0.3) is 5.69 Å². The second-order valence-electron chi connectivity index (χ2n) is 5.65. The Bertz CT molecular complexity index is 896. The molecule has 10 heteroatoms. The Morgan fingerprint density at radius 2 is 1.77 bits per heavy atom. The molecular weight excluding hydrogens is 373 g/mol. The average molecular weight is 388 g/mol. The van der Waals surface area contributed by atoms with E-state index in [0.717, 1.165) is 12.1 Å². The van der Waals surface area contributed by atoms with Crippen molar-refractivity contribution in [1.29, 1.82) is 0 Å². The van der Waals surface area contributed by atoms with Crippen LogP contribution in [0.2, 0.25) is 0 Å². The second-order valence-corrected chi connectivity index (χ2v) is 7.40. The predicted octanol–water partition coefficient (Wildman–Crippen LogP) is 3.79. The van der Waals surface area contributed by atoms with Crippen molar-refractivity contribution in [1.82, 2.24) is 4.72 Å². The maximum atomic E-state index is 12.8. The van der Waals surface area contributed by atoms with Crippen LogP contribution < -0.4 is 4.72 Å². The van der Waals surface area contributed by atoms with Crippen LogP contribution in [0, 0.1) is 10.1 Å². The number of nitrogens with zero attached hydrogens (tertiary/aromatic N) is 1.